The molecule has 1 heterocycles. The first-order chi connectivity index (χ1) is 7.24. The van der Waals surface area contributed by atoms with E-state index >= 15 is 0 Å². The minimum Gasteiger partial charge on any atom is -0.373 e. The van der Waals surface area contributed by atoms with Crippen LogP contribution >= 0.6 is 0 Å². The van der Waals surface area contributed by atoms with Gasteiger partial charge < -0.3 is 5.32 Å². The Balaban J connectivity index is 2.76. The van der Waals surface area contributed by atoms with Gasteiger partial charge in [0.2, 0.25) is 0 Å². The quantitative estimate of drug-likeness (QED) is 0.803. The predicted molar refractivity (Wildman–Crippen MR) is 65.4 cm³/mol. The second-order valence-electron chi connectivity index (χ2n) is 4.01. The van der Waals surface area contributed by atoms with Crippen molar-refractivity contribution in [3.63, 3.8) is 0 Å². The molecule has 0 saturated carbocycles. The first-order valence-corrected chi connectivity index (χ1v) is 5.29. The number of rotatable bonds is 2. The van der Waals surface area contributed by atoms with Crippen LogP contribution in [0.4, 0.5) is 5.82 Å². The summed E-state index contributed by atoms with van der Waals surface area (Å²) in [6.07, 6.45) is 1.86. The van der Waals surface area contributed by atoms with E-state index in [2.05, 4.69) is 48.4 Å². The van der Waals surface area contributed by atoms with Crippen LogP contribution in [0.25, 0.3) is 10.8 Å². The van der Waals surface area contributed by atoms with Crippen LogP contribution in [-0.4, -0.2) is 12.0 Å². The first kappa shape index (κ1) is 9.97. The SMILES string of the molecule is CNc1nccc2c(C(C)C)cccc12. The fourth-order valence-corrected chi connectivity index (χ4v) is 1.93. The number of hydrogen-bond acceptors (Lipinski definition) is 2. The van der Waals surface area contributed by atoms with Gasteiger partial charge >= 0.3 is 0 Å². The van der Waals surface area contributed by atoms with Crippen molar-refractivity contribution in [2.45, 2.75) is 19.8 Å². The largest absolute Gasteiger partial charge is 0.373 e. The average Bonchev–Trinajstić information content (AvgIpc) is 2.27. The third-order valence-electron chi connectivity index (χ3n) is 2.70. The van der Waals surface area contributed by atoms with Crippen LogP contribution in [0.5, 0.6) is 0 Å². The molecule has 2 rings (SSSR count). The fourth-order valence-electron chi connectivity index (χ4n) is 1.93. The molecule has 2 heteroatoms. The second-order valence-corrected chi connectivity index (χ2v) is 4.01. The lowest BCUT2D eigenvalue weighted by Crippen LogP contribution is -1.95. The number of pyridine rings is 1. The van der Waals surface area contributed by atoms with Gasteiger partial charge in [-0.2, -0.15) is 0 Å². The van der Waals surface area contributed by atoms with E-state index in [-0.39, 0.29) is 0 Å². The Morgan fingerprint density at radius 2 is 1.93 bits per heavy atom. The van der Waals surface area contributed by atoms with Crippen LogP contribution in [0, 0.1) is 0 Å². The lowest BCUT2D eigenvalue weighted by molar-refractivity contribution is 0.876. The van der Waals surface area contributed by atoms with Crippen LogP contribution in [0.1, 0.15) is 25.3 Å². The van der Waals surface area contributed by atoms with Crippen LogP contribution in [-0.2, 0) is 0 Å². The number of benzene rings is 1. The summed E-state index contributed by atoms with van der Waals surface area (Å²) in [5.74, 6) is 1.50. The van der Waals surface area contributed by atoms with Crippen molar-refractivity contribution in [1.82, 2.24) is 4.98 Å². The summed E-state index contributed by atoms with van der Waals surface area (Å²) in [7, 11) is 1.91. The van der Waals surface area contributed by atoms with Crippen molar-refractivity contribution in [2.24, 2.45) is 0 Å². The number of anilines is 1. The smallest absolute Gasteiger partial charge is 0.133 e. The zero-order chi connectivity index (χ0) is 10.8. The molecule has 0 fully saturated rings. The Morgan fingerprint density at radius 1 is 1.13 bits per heavy atom. The van der Waals surface area contributed by atoms with E-state index in [0.29, 0.717) is 5.92 Å². The van der Waals surface area contributed by atoms with Gasteiger partial charge in [0.15, 0.2) is 0 Å². The van der Waals surface area contributed by atoms with E-state index in [4.69, 9.17) is 0 Å². The summed E-state index contributed by atoms with van der Waals surface area (Å²) < 4.78 is 0. The van der Waals surface area contributed by atoms with Crippen molar-refractivity contribution in [1.29, 1.82) is 0 Å². The zero-order valence-corrected chi connectivity index (χ0v) is 9.41. The average molecular weight is 200 g/mol. The summed E-state index contributed by atoms with van der Waals surface area (Å²) in [6, 6.07) is 8.48. The van der Waals surface area contributed by atoms with Crippen LogP contribution in [0.2, 0.25) is 0 Å². The molecular formula is C13H16N2. The highest BCUT2D eigenvalue weighted by Crippen LogP contribution is 2.28. The van der Waals surface area contributed by atoms with E-state index in [1.807, 2.05) is 13.2 Å². The molecule has 15 heavy (non-hydrogen) atoms. The normalized spacial score (nSPS) is 10.9. The molecule has 0 bridgehead atoms. The lowest BCUT2D eigenvalue weighted by Gasteiger charge is -2.11. The van der Waals surface area contributed by atoms with Crippen molar-refractivity contribution < 1.29 is 0 Å². The van der Waals surface area contributed by atoms with Gasteiger partial charge in [-0.3, -0.25) is 0 Å². The Hall–Kier alpha value is -1.57. The third-order valence-corrected chi connectivity index (χ3v) is 2.70. The van der Waals surface area contributed by atoms with E-state index < -0.39 is 0 Å². The van der Waals surface area contributed by atoms with Crippen molar-refractivity contribution in [3.8, 4) is 0 Å². The Morgan fingerprint density at radius 3 is 2.60 bits per heavy atom. The Kier molecular flexibility index (Phi) is 2.58. The van der Waals surface area contributed by atoms with Crippen LogP contribution in [0.3, 0.4) is 0 Å². The molecule has 0 atom stereocenters. The molecule has 0 aliphatic rings. The highest BCUT2D eigenvalue weighted by atomic mass is 14.9. The highest BCUT2D eigenvalue weighted by molar-refractivity contribution is 5.94. The first-order valence-electron chi connectivity index (χ1n) is 5.29. The van der Waals surface area contributed by atoms with Gasteiger partial charge in [0, 0.05) is 18.6 Å². The van der Waals surface area contributed by atoms with Gasteiger partial charge in [-0.25, -0.2) is 4.98 Å². The van der Waals surface area contributed by atoms with Gasteiger partial charge in [0.1, 0.15) is 5.82 Å². The second kappa shape index (κ2) is 3.89. The number of hydrogen-bond donors (Lipinski definition) is 1. The van der Waals surface area contributed by atoms with Crippen LogP contribution in [0.15, 0.2) is 30.5 Å². The molecule has 1 N–H and O–H groups in total. The molecule has 0 saturated heterocycles. The molecule has 0 spiro atoms. The van der Waals surface area contributed by atoms with E-state index in [1.165, 1.54) is 16.3 Å². The molecule has 1 aromatic heterocycles. The summed E-state index contributed by atoms with van der Waals surface area (Å²) in [4.78, 5) is 4.31. The van der Waals surface area contributed by atoms with Crippen LogP contribution < -0.4 is 5.32 Å². The zero-order valence-electron chi connectivity index (χ0n) is 9.41. The third kappa shape index (κ3) is 1.67. The summed E-state index contributed by atoms with van der Waals surface area (Å²) >= 11 is 0. The van der Waals surface area contributed by atoms with Gasteiger partial charge in [0.25, 0.3) is 0 Å². The minimum atomic E-state index is 0.542. The van der Waals surface area contributed by atoms with E-state index in [9.17, 15) is 0 Å². The maximum atomic E-state index is 4.31. The van der Waals surface area contributed by atoms with Gasteiger partial charge in [-0.15, -0.1) is 0 Å². The monoisotopic (exact) mass is 200 g/mol. The molecule has 1 aromatic carbocycles. The molecule has 0 unspecified atom stereocenters. The Bertz CT molecular complexity index is 475. The van der Waals surface area contributed by atoms with Crippen molar-refractivity contribution in [2.75, 3.05) is 12.4 Å². The lowest BCUT2D eigenvalue weighted by atomic mass is 9.97. The minimum absolute atomic E-state index is 0.542. The molecule has 0 aliphatic heterocycles. The molecule has 2 aromatic rings. The number of nitrogens with one attached hydrogen (secondary N) is 1. The topological polar surface area (TPSA) is 24.9 Å². The number of fused-ring (bicyclic) bond motifs is 1. The Labute approximate surface area is 90.3 Å². The summed E-state index contributed by atoms with van der Waals surface area (Å²) in [6.45, 7) is 4.43. The molecule has 78 valence electrons. The van der Waals surface area contributed by atoms with Crippen molar-refractivity contribution in [3.05, 3.63) is 36.0 Å². The predicted octanol–water partition coefficient (Wildman–Crippen LogP) is 3.40. The molecule has 0 amide bonds. The molecule has 0 radical (unpaired) electrons. The van der Waals surface area contributed by atoms with Gasteiger partial charge in [-0.1, -0.05) is 32.0 Å². The van der Waals surface area contributed by atoms with Gasteiger partial charge in [0.05, 0.1) is 0 Å². The molecule has 2 nitrogen and oxygen atoms in total. The molecule has 0 aliphatic carbocycles. The summed E-state index contributed by atoms with van der Waals surface area (Å²) in [5, 5.41) is 5.62. The fraction of sp³-hybridized carbons (Fsp3) is 0.308. The molecular weight excluding hydrogens is 184 g/mol. The maximum Gasteiger partial charge on any atom is 0.133 e. The summed E-state index contributed by atoms with van der Waals surface area (Å²) in [5.41, 5.74) is 1.38. The number of aromatic nitrogens is 1. The van der Waals surface area contributed by atoms with E-state index in [1.54, 1.807) is 0 Å². The standard InChI is InChI=1S/C13H16N2/c1-9(2)10-5-4-6-12-11(10)7-8-15-13(12)14-3/h4-9H,1-3H3,(H,14,15). The van der Waals surface area contributed by atoms with Crippen molar-refractivity contribution >= 4 is 16.6 Å². The highest BCUT2D eigenvalue weighted by Gasteiger charge is 2.06. The maximum absolute atomic E-state index is 4.31. The van der Waals surface area contributed by atoms with Gasteiger partial charge in [-0.05, 0) is 22.9 Å². The number of nitrogens with zero attached hydrogens (tertiary/aromatic N) is 1. The van der Waals surface area contributed by atoms with E-state index in [0.717, 1.165) is 5.82 Å².